The topological polar surface area (TPSA) is 40.5 Å². The molecule has 3 aliphatic carbocycles. The van der Waals surface area contributed by atoms with Crippen LogP contribution in [0, 0.1) is 23.7 Å². The van der Waals surface area contributed by atoms with E-state index in [2.05, 4.69) is 13.0 Å². The van der Waals surface area contributed by atoms with Crippen molar-refractivity contribution in [3.05, 3.63) is 29.3 Å². The van der Waals surface area contributed by atoms with Gasteiger partial charge in [-0.05, 0) is 85.0 Å². The fraction of sp³-hybridized carbons (Fsp3) is 0.684. The molecular formula is C19H26O2. The van der Waals surface area contributed by atoms with Crippen LogP contribution in [0.2, 0.25) is 0 Å². The molecule has 0 unspecified atom stereocenters. The molecule has 0 spiro atoms. The van der Waals surface area contributed by atoms with E-state index in [1.54, 1.807) is 0 Å². The van der Waals surface area contributed by atoms with E-state index in [0.717, 1.165) is 30.6 Å². The first-order valence-electron chi connectivity index (χ1n) is 8.69. The van der Waals surface area contributed by atoms with Gasteiger partial charge in [0.2, 0.25) is 0 Å². The number of aromatic hydroxyl groups is 1. The molecule has 0 aliphatic heterocycles. The molecule has 0 bridgehead atoms. The second kappa shape index (κ2) is 5.01. The summed E-state index contributed by atoms with van der Waals surface area (Å²) >= 11 is 0. The number of phenolic OH excluding ortho intramolecular Hbond substituents is 1. The van der Waals surface area contributed by atoms with E-state index in [1.165, 1.54) is 36.8 Å². The van der Waals surface area contributed by atoms with E-state index < -0.39 is 0 Å². The molecule has 2 nitrogen and oxygen atoms in total. The fourth-order valence-electron chi connectivity index (χ4n) is 5.83. The minimum Gasteiger partial charge on any atom is -0.508 e. The lowest BCUT2D eigenvalue weighted by atomic mass is 9.56. The van der Waals surface area contributed by atoms with Crippen molar-refractivity contribution in [3.63, 3.8) is 0 Å². The van der Waals surface area contributed by atoms with E-state index in [9.17, 15) is 10.2 Å². The van der Waals surface area contributed by atoms with E-state index in [1.807, 2.05) is 12.1 Å². The average molecular weight is 286 g/mol. The molecule has 1 aromatic rings. The third kappa shape index (κ3) is 2.03. The van der Waals surface area contributed by atoms with Crippen molar-refractivity contribution in [2.75, 3.05) is 0 Å². The SMILES string of the molecule is CC[C@H]1Cc2cc(O)ccc2[C@H]2CC[C@H]3[C@@H](CC[C@@H]3O)[C@H]12. The Balaban J connectivity index is 1.74. The Bertz CT molecular complexity index is 538. The van der Waals surface area contributed by atoms with Gasteiger partial charge in [0, 0.05) is 0 Å². The Kier molecular flexibility index (Phi) is 3.25. The van der Waals surface area contributed by atoms with Gasteiger partial charge < -0.3 is 10.2 Å². The molecular weight excluding hydrogens is 260 g/mol. The van der Waals surface area contributed by atoms with Gasteiger partial charge in [-0.3, -0.25) is 0 Å². The Morgan fingerprint density at radius 2 is 1.90 bits per heavy atom. The van der Waals surface area contributed by atoms with Crippen LogP contribution >= 0.6 is 0 Å². The van der Waals surface area contributed by atoms with Gasteiger partial charge in [0.05, 0.1) is 6.10 Å². The molecule has 21 heavy (non-hydrogen) atoms. The highest BCUT2D eigenvalue weighted by Gasteiger charge is 2.50. The molecule has 0 saturated heterocycles. The molecule has 2 N–H and O–H groups in total. The van der Waals surface area contributed by atoms with Gasteiger partial charge in [0.15, 0.2) is 0 Å². The van der Waals surface area contributed by atoms with Gasteiger partial charge in [-0.1, -0.05) is 19.4 Å². The zero-order chi connectivity index (χ0) is 14.6. The third-order valence-electron chi connectivity index (χ3n) is 6.69. The largest absolute Gasteiger partial charge is 0.508 e. The molecule has 2 saturated carbocycles. The predicted molar refractivity (Wildman–Crippen MR) is 83.3 cm³/mol. The lowest BCUT2D eigenvalue weighted by molar-refractivity contribution is 0.0330. The normalized spacial score (nSPS) is 41.2. The van der Waals surface area contributed by atoms with Gasteiger partial charge in [-0.15, -0.1) is 0 Å². The van der Waals surface area contributed by atoms with Crippen molar-refractivity contribution in [1.82, 2.24) is 0 Å². The monoisotopic (exact) mass is 286 g/mol. The minimum atomic E-state index is -0.0466. The number of rotatable bonds is 1. The Hall–Kier alpha value is -1.02. The standard InChI is InChI=1S/C19H26O2/c1-2-11-9-12-10-13(20)3-4-14(12)16-6-5-15-17(19(11)16)7-8-18(15)21/h3-4,10-11,15-21H,2,5-9H2,1H3/t11-,15-,16+,17+,18-,19+/m0/s1. The van der Waals surface area contributed by atoms with Crippen molar-refractivity contribution in [2.24, 2.45) is 23.7 Å². The first-order chi connectivity index (χ1) is 10.2. The van der Waals surface area contributed by atoms with Crippen molar-refractivity contribution < 1.29 is 10.2 Å². The molecule has 3 aliphatic rings. The average Bonchev–Trinajstić information content (AvgIpc) is 2.87. The number of hydrogen-bond acceptors (Lipinski definition) is 2. The summed E-state index contributed by atoms with van der Waals surface area (Å²) in [7, 11) is 0. The number of fused-ring (bicyclic) bond motifs is 5. The summed E-state index contributed by atoms with van der Waals surface area (Å²) in [6.45, 7) is 2.31. The van der Waals surface area contributed by atoms with Crippen LogP contribution < -0.4 is 0 Å². The summed E-state index contributed by atoms with van der Waals surface area (Å²) in [6.07, 6.45) is 6.92. The summed E-state index contributed by atoms with van der Waals surface area (Å²) in [5.41, 5.74) is 2.86. The van der Waals surface area contributed by atoms with Crippen molar-refractivity contribution in [1.29, 1.82) is 0 Å². The summed E-state index contributed by atoms with van der Waals surface area (Å²) in [5, 5.41) is 20.1. The fourth-order valence-corrected chi connectivity index (χ4v) is 5.83. The zero-order valence-corrected chi connectivity index (χ0v) is 12.8. The van der Waals surface area contributed by atoms with Crippen LogP contribution in [0.15, 0.2) is 18.2 Å². The maximum absolute atomic E-state index is 10.3. The van der Waals surface area contributed by atoms with Crippen LogP contribution in [0.1, 0.15) is 56.1 Å². The first kappa shape index (κ1) is 13.6. The molecule has 0 radical (unpaired) electrons. The van der Waals surface area contributed by atoms with Gasteiger partial charge >= 0.3 is 0 Å². The summed E-state index contributed by atoms with van der Waals surface area (Å²) in [6, 6.07) is 6.02. The Morgan fingerprint density at radius 1 is 1.10 bits per heavy atom. The third-order valence-corrected chi connectivity index (χ3v) is 6.69. The number of aliphatic hydroxyl groups is 1. The minimum absolute atomic E-state index is 0.0466. The predicted octanol–water partition coefficient (Wildman–Crippen LogP) is 3.86. The van der Waals surface area contributed by atoms with Crippen molar-refractivity contribution >= 4 is 0 Å². The highest BCUT2D eigenvalue weighted by Crippen LogP contribution is 2.57. The maximum atomic E-state index is 10.3. The molecule has 114 valence electrons. The van der Waals surface area contributed by atoms with Crippen LogP contribution in [0.4, 0.5) is 0 Å². The van der Waals surface area contributed by atoms with Crippen LogP contribution in [-0.2, 0) is 6.42 Å². The second-order valence-corrected chi connectivity index (χ2v) is 7.49. The lowest BCUT2D eigenvalue weighted by Crippen LogP contribution is -2.41. The number of benzene rings is 1. The number of hydrogen-bond donors (Lipinski definition) is 2. The molecule has 2 fully saturated rings. The highest BCUT2D eigenvalue weighted by molar-refractivity contribution is 5.40. The number of phenols is 1. The van der Waals surface area contributed by atoms with E-state index >= 15 is 0 Å². The summed E-state index contributed by atoms with van der Waals surface area (Å²) in [5.74, 6) is 3.83. The molecule has 1 aromatic carbocycles. The van der Waals surface area contributed by atoms with Crippen molar-refractivity contribution in [2.45, 2.75) is 57.5 Å². The summed E-state index contributed by atoms with van der Waals surface area (Å²) in [4.78, 5) is 0. The number of aliphatic hydroxyl groups excluding tert-OH is 1. The molecule has 0 heterocycles. The molecule has 4 rings (SSSR count). The second-order valence-electron chi connectivity index (χ2n) is 7.49. The van der Waals surface area contributed by atoms with E-state index in [4.69, 9.17) is 0 Å². The quantitative estimate of drug-likeness (QED) is 0.823. The van der Waals surface area contributed by atoms with Crippen molar-refractivity contribution in [3.8, 4) is 5.75 Å². The Morgan fingerprint density at radius 3 is 2.71 bits per heavy atom. The molecule has 0 amide bonds. The van der Waals surface area contributed by atoms with Gasteiger partial charge in [-0.2, -0.15) is 0 Å². The van der Waals surface area contributed by atoms with E-state index in [-0.39, 0.29) is 6.10 Å². The van der Waals surface area contributed by atoms with Gasteiger partial charge in [-0.25, -0.2) is 0 Å². The molecule has 0 aromatic heterocycles. The first-order valence-corrected chi connectivity index (χ1v) is 8.69. The van der Waals surface area contributed by atoms with Gasteiger partial charge in [0.25, 0.3) is 0 Å². The molecule has 6 atom stereocenters. The van der Waals surface area contributed by atoms with Crippen LogP contribution in [-0.4, -0.2) is 16.3 Å². The Labute approximate surface area is 127 Å². The van der Waals surface area contributed by atoms with Crippen LogP contribution in [0.25, 0.3) is 0 Å². The summed E-state index contributed by atoms with van der Waals surface area (Å²) < 4.78 is 0. The maximum Gasteiger partial charge on any atom is 0.115 e. The van der Waals surface area contributed by atoms with Crippen LogP contribution in [0.5, 0.6) is 5.75 Å². The zero-order valence-electron chi connectivity index (χ0n) is 12.8. The lowest BCUT2D eigenvalue weighted by Gasteiger charge is -2.48. The van der Waals surface area contributed by atoms with Crippen LogP contribution in [0.3, 0.4) is 0 Å². The smallest absolute Gasteiger partial charge is 0.115 e. The van der Waals surface area contributed by atoms with Gasteiger partial charge in [0.1, 0.15) is 5.75 Å². The highest BCUT2D eigenvalue weighted by atomic mass is 16.3. The van der Waals surface area contributed by atoms with E-state index in [0.29, 0.717) is 17.6 Å². The molecule has 2 heteroatoms.